The zero-order valence-corrected chi connectivity index (χ0v) is 12.7. The number of ether oxygens (including phenoxy) is 1. The zero-order valence-electron chi connectivity index (χ0n) is 11.8. The minimum Gasteiger partial charge on any atom is -0.390 e. The van der Waals surface area contributed by atoms with Gasteiger partial charge in [-0.25, -0.2) is 9.46 Å². The molecule has 8 N–H and O–H groups in total. The fraction of sp³-hybridized carbons (Fsp3) is 1.00. The van der Waals surface area contributed by atoms with Crippen LogP contribution in [-0.2, 0) is 13.8 Å². The molecule has 128 valence electrons. The molecule has 0 aromatic rings. The third kappa shape index (κ3) is 3.50. The topological polar surface area (TPSA) is 162 Å². The first-order valence-corrected chi connectivity index (χ1v) is 8.63. The summed E-state index contributed by atoms with van der Waals surface area (Å²) in [6.45, 7) is 0.757. The molecule has 0 saturated carbocycles. The Hall–Kier alpha value is -0.170. The molecule has 11 nitrogen and oxygen atoms in total. The van der Waals surface area contributed by atoms with Crippen LogP contribution >= 0.6 is 7.82 Å². The van der Waals surface area contributed by atoms with E-state index in [1.807, 2.05) is 4.90 Å². The van der Waals surface area contributed by atoms with Gasteiger partial charge in [-0.15, -0.1) is 0 Å². The lowest BCUT2D eigenvalue weighted by Gasteiger charge is -2.37. The Morgan fingerprint density at radius 1 is 1.36 bits per heavy atom. The van der Waals surface area contributed by atoms with E-state index in [1.165, 1.54) is 0 Å². The number of aliphatic hydroxyl groups is 1. The quantitative estimate of drug-likeness (QED) is 0.255. The van der Waals surface area contributed by atoms with Gasteiger partial charge in [-0.2, -0.15) is 0 Å². The second-order valence-corrected chi connectivity index (χ2v) is 6.92. The Labute approximate surface area is 127 Å². The summed E-state index contributed by atoms with van der Waals surface area (Å²) in [5, 5.41) is 19.7. The number of phosphoric acid groups is 1. The van der Waals surface area contributed by atoms with Crippen LogP contribution in [0.4, 0.5) is 0 Å². The molecule has 0 spiro atoms. The largest absolute Gasteiger partial charge is 0.469 e. The van der Waals surface area contributed by atoms with E-state index in [2.05, 4.69) is 20.5 Å². The van der Waals surface area contributed by atoms with Crippen LogP contribution in [0.5, 0.6) is 0 Å². The first kappa shape index (κ1) is 16.7. The van der Waals surface area contributed by atoms with Crippen molar-refractivity contribution in [2.45, 2.75) is 43.2 Å². The maximum Gasteiger partial charge on any atom is 0.469 e. The summed E-state index contributed by atoms with van der Waals surface area (Å²) in [7, 11) is -4.58. The van der Waals surface area contributed by atoms with Gasteiger partial charge in [0.25, 0.3) is 0 Å². The molecule has 0 amide bonds. The van der Waals surface area contributed by atoms with Crippen LogP contribution in [0.25, 0.3) is 0 Å². The number of nitrogens with two attached hydrogens (primary N) is 1. The summed E-state index contributed by atoms with van der Waals surface area (Å²) < 4.78 is 20.9. The number of hydrogen-bond donors (Lipinski definition) is 7. The lowest BCUT2D eigenvalue weighted by Crippen LogP contribution is -2.68. The van der Waals surface area contributed by atoms with Crippen molar-refractivity contribution in [2.24, 2.45) is 5.73 Å². The van der Waals surface area contributed by atoms with Crippen molar-refractivity contribution in [3.8, 4) is 0 Å². The fourth-order valence-corrected chi connectivity index (χ4v) is 3.47. The van der Waals surface area contributed by atoms with Crippen molar-refractivity contribution in [1.29, 1.82) is 0 Å². The molecule has 3 rings (SSSR count). The van der Waals surface area contributed by atoms with Gasteiger partial charge < -0.3 is 25.4 Å². The van der Waals surface area contributed by atoms with Crippen molar-refractivity contribution in [3.05, 3.63) is 0 Å². The van der Waals surface area contributed by atoms with E-state index in [0.29, 0.717) is 19.8 Å². The first-order chi connectivity index (χ1) is 10.3. The Kier molecular flexibility index (Phi) is 4.84. The maximum absolute atomic E-state index is 10.7. The number of hydrogen-bond acceptors (Lipinski definition) is 9. The van der Waals surface area contributed by atoms with E-state index >= 15 is 0 Å². The van der Waals surface area contributed by atoms with Crippen LogP contribution in [0.2, 0.25) is 0 Å². The van der Waals surface area contributed by atoms with Gasteiger partial charge in [-0.05, 0) is 0 Å². The number of nitrogens with zero attached hydrogens (tertiary/aromatic N) is 1. The van der Waals surface area contributed by atoms with Gasteiger partial charge in [0, 0.05) is 13.1 Å². The zero-order chi connectivity index (χ0) is 15.9. The van der Waals surface area contributed by atoms with Gasteiger partial charge in [-0.1, -0.05) is 0 Å². The second-order valence-electron chi connectivity index (χ2n) is 5.68. The second kappa shape index (κ2) is 6.38. The number of fused-ring (bicyclic) bond motifs is 1. The highest BCUT2D eigenvalue weighted by Gasteiger charge is 2.47. The smallest absolute Gasteiger partial charge is 0.390 e. The number of nitrogens with one attached hydrogen (secondary N) is 3. The van der Waals surface area contributed by atoms with Crippen LogP contribution in [0.15, 0.2) is 0 Å². The molecule has 0 bridgehead atoms. The van der Waals surface area contributed by atoms with Crippen molar-refractivity contribution in [1.82, 2.24) is 20.9 Å². The van der Waals surface area contributed by atoms with E-state index in [1.54, 1.807) is 0 Å². The van der Waals surface area contributed by atoms with Crippen LogP contribution in [-0.4, -0.2) is 76.5 Å². The fourth-order valence-electron chi connectivity index (χ4n) is 3.12. The minimum atomic E-state index is -4.58. The summed E-state index contributed by atoms with van der Waals surface area (Å²) in [5.74, 6) is 0. The predicted octanol–water partition coefficient (Wildman–Crippen LogP) is -3.44. The highest BCUT2D eigenvalue weighted by Crippen LogP contribution is 2.37. The highest BCUT2D eigenvalue weighted by atomic mass is 31.2. The van der Waals surface area contributed by atoms with Gasteiger partial charge in [0.05, 0.1) is 37.8 Å². The van der Waals surface area contributed by atoms with E-state index < -0.39 is 20.0 Å². The van der Waals surface area contributed by atoms with Crippen LogP contribution in [0, 0.1) is 0 Å². The van der Waals surface area contributed by atoms with Crippen molar-refractivity contribution in [2.75, 3.05) is 19.9 Å². The first-order valence-electron chi connectivity index (χ1n) is 7.10. The molecule has 3 aliphatic rings. The van der Waals surface area contributed by atoms with Gasteiger partial charge >= 0.3 is 7.82 Å². The van der Waals surface area contributed by atoms with E-state index in [-0.39, 0.29) is 31.2 Å². The molecular weight excluding hydrogens is 317 g/mol. The summed E-state index contributed by atoms with van der Waals surface area (Å²) in [6, 6.07) is 0.0138. The number of aliphatic hydroxyl groups excluding tert-OH is 1. The van der Waals surface area contributed by atoms with Gasteiger partial charge in [0.15, 0.2) is 0 Å². The van der Waals surface area contributed by atoms with E-state index in [0.717, 1.165) is 0 Å². The average Bonchev–Trinajstić information content (AvgIpc) is 3.00. The predicted molar refractivity (Wildman–Crippen MR) is 73.8 cm³/mol. The third-order valence-electron chi connectivity index (χ3n) is 4.22. The average molecular weight is 339 g/mol. The maximum atomic E-state index is 10.7. The molecule has 6 atom stereocenters. The van der Waals surface area contributed by atoms with Gasteiger partial charge in [-0.3, -0.25) is 20.5 Å². The molecule has 0 radical (unpaired) electrons. The summed E-state index contributed by atoms with van der Waals surface area (Å²) in [6.07, 6.45) is -1.87. The van der Waals surface area contributed by atoms with Crippen molar-refractivity contribution < 1.29 is 28.7 Å². The van der Waals surface area contributed by atoms with Gasteiger partial charge in [0.1, 0.15) is 12.3 Å². The summed E-state index contributed by atoms with van der Waals surface area (Å²) in [4.78, 5) is 19.5. The molecule has 22 heavy (non-hydrogen) atoms. The van der Waals surface area contributed by atoms with Gasteiger partial charge in [0.2, 0.25) is 0 Å². The molecular formula is C10H22N5O6P. The standard InChI is InChI=1S/C10H22N5O6P/c11-9-8-10(13-3-12-9)15(4-14-8)7-1-5(16)6(21-7)2-20-22(17,18)19/h5-10,12-14,16H,1-4,11H2,(H2,17,18,19)/t5-,6+,7+,8?,9?,10?/m0/s1. The monoisotopic (exact) mass is 339 g/mol. The Bertz CT molecular complexity index is 452. The lowest BCUT2D eigenvalue weighted by molar-refractivity contribution is -0.0884. The molecule has 3 fully saturated rings. The van der Waals surface area contributed by atoms with Crippen LogP contribution in [0.1, 0.15) is 6.42 Å². The van der Waals surface area contributed by atoms with E-state index in [4.69, 9.17) is 20.3 Å². The molecule has 3 aliphatic heterocycles. The summed E-state index contributed by atoms with van der Waals surface area (Å²) in [5.41, 5.74) is 5.99. The van der Waals surface area contributed by atoms with E-state index in [9.17, 15) is 9.67 Å². The SMILES string of the molecule is NC1NCNC2C1NCN2[C@H]1C[C@H](O)[C@@H](COP(=O)(O)O)O1. The summed E-state index contributed by atoms with van der Waals surface area (Å²) >= 11 is 0. The highest BCUT2D eigenvalue weighted by molar-refractivity contribution is 7.46. The Balaban J connectivity index is 1.59. The van der Waals surface area contributed by atoms with Crippen LogP contribution < -0.4 is 21.7 Å². The number of rotatable bonds is 4. The molecule has 0 aromatic heterocycles. The number of phosphoric ester groups is 1. The molecule has 0 aliphatic carbocycles. The molecule has 3 saturated heterocycles. The van der Waals surface area contributed by atoms with Crippen molar-refractivity contribution in [3.63, 3.8) is 0 Å². The Morgan fingerprint density at radius 3 is 2.86 bits per heavy atom. The molecule has 3 unspecified atom stereocenters. The third-order valence-corrected chi connectivity index (χ3v) is 4.71. The Morgan fingerprint density at radius 2 is 2.14 bits per heavy atom. The molecule has 12 heteroatoms. The molecule has 0 aromatic carbocycles. The lowest BCUT2D eigenvalue weighted by atomic mass is 10.1. The molecule has 3 heterocycles. The minimum absolute atomic E-state index is 0.0138. The van der Waals surface area contributed by atoms with Crippen molar-refractivity contribution >= 4 is 7.82 Å². The normalized spacial score (nSPS) is 43.5. The van der Waals surface area contributed by atoms with Crippen LogP contribution in [0.3, 0.4) is 0 Å².